The first-order chi connectivity index (χ1) is 13.1. The highest BCUT2D eigenvalue weighted by Gasteiger charge is 2.27. The molecule has 0 amide bonds. The van der Waals surface area contributed by atoms with Gasteiger partial charge in [0.2, 0.25) is 4.96 Å². The zero-order chi connectivity index (χ0) is 18.5. The fourth-order valence-corrected chi connectivity index (χ4v) is 4.83. The lowest BCUT2D eigenvalue weighted by Gasteiger charge is -2.21. The van der Waals surface area contributed by atoms with Crippen LogP contribution in [-0.4, -0.2) is 31.1 Å². The number of fused-ring (bicyclic) bond motifs is 2. The Hall–Kier alpha value is -2.86. The van der Waals surface area contributed by atoms with Crippen LogP contribution in [0.2, 0.25) is 12.6 Å². The zero-order valence-electron chi connectivity index (χ0n) is 15.0. The van der Waals surface area contributed by atoms with Crippen LogP contribution in [0.15, 0.2) is 24.5 Å². The van der Waals surface area contributed by atoms with Crippen LogP contribution in [-0.2, 0) is 7.05 Å². The summed E-state index contributed by atoms with van der Waals surface area (Å²) in [4.78, 5) is 5.71. The van der Waals surface area contributed by atoms with Gasteiger partial charge in [0.25, 0.3) is 6.71 Å². The zero-order valence-corrected chi connectivity index (χ0v) is 15.8. The molecule has 0 spiro atoms. The molecule has 4 aromatic rings. The second-order valence-electron chi connectivity index (χ2n) is 7.28. The normalized spacial score (nSPS) is 15.6. The molecule has 9 heteroatoms. The molecule has 1 aromatic carbocycles. The first kappa shape index (κ1) is 16.3. The summed E-state index contributed by atoms with van der Waals surface area (Å²) in [6, 6.07) is 4.00. The van der Waals surface area contributed by atoms with Crippen molar-refractivity contribution in [3.63, 3.8) is 0 Å². The fourth-order valence-electron chi connectivity index (χ4n) is 3.95. The Morgan fingerprint density at radius 1 is 1.26 bits per heavy atom. The molecule has 0 saturated carbocycles. The van der Waals surface area contributed by atoms with E-state index >= 15 is 0 Å². The van der Waals surface area contributed by atoms with Crippen molar-refractivity contribution in [3.8, 4) is 16.5 Å². The van der Waals surface area contributed by atoms with Gasteiger partial charge < -0.3 is 5.73 Å². The average Bonchev–Trinajstić information content (AvgIpc) is 3.34. The van der Waals surface area contributed by atoms with Gasteiger partial charge in [-0.25, -0.2) is 14.8 Å². The van der Waals surface area contributed by atoms with Gasteiger partial charge in [-0.15, -0.1) is 0 Å². The number of nitrogens with zero attached hydrogens (tertiary/aromatic N) is 6. The molecule has 0 aliphatic carbocycles. The third-order valence-electron chi connectivity index (χ3n) is 5.39. The van der Waals surface area contributed by atoms with Gasteiger partial charge in [-0.05, 0) is 12.1 Å². The molecule has 7 nitrogen and oxygen atoms in total. The highest BCUT2D eigenvalue weighted by Crippen LogP contribution is 2.35. The highest BCUT2D eigenvalue weighted by atomic mass is 32.1. The molecule has 1 saturated heterocycles. The van der Waals surface area contributed by atoms with Crippen LogP contribution in [0.3, 0.4) is 0 Å². The monoisotopic (exact) mass is 375 g/mol. The third kappa shape index (κ3) is 2.77. The third-order valence-corrected chi connectivity index (χ3v) is 6.36. The van der Waals surface area contributed by atoms with Crippen molar-refractivity contribution < 1.29 is 0 Å². The predicted molar refractivity (Wildman–Crippen MR) is 108 cm³/mol. The van der Waals surface area contributed by atoms with Crippen molar-refractivity contribution >= 4 is 39.6 Å². The van der Waals surface area contributed by atoms with Crippen molar-refractivity contribution in [1.29, 1.82) is 5.26 Å². The van der Waals surface area contributed by atoms with Gasteiger partial charge in [0.1, 0.15) is 10.5 Å². The quantitative estimate of drug-likeness (QED) is 0.428. The van der Waals surface area contributed by atoms with E-state index in [9.17, 15) is 0 Å². The number of benzene rings is 1. The predicted octanol–water partition coefficient (Wildman–Crippen LogP) is 3.36. The Bertz CT molecular complexity index is 1160. The Morgan fingerprint density at radius 2 is 2.07 bits per heavy atom. The second-order valence-corrected chi connectivity index (χ2v) is 8.24. The van der Waals surface area contributed by atoms with Gasteiger partial charge in [0, 0.05) is 36.1 Å². The number of nitriles is 1. The fraction of sp³-hybridized carbons (Fsp3) is 0.333. The van der Waals surface area contributed by atoms with Gasteiger partial charge >= 0.3 is 0 Å². The van der Waals surface area contributed by atoms with Gasteiger partial charge in [-0.1, -0.05) is 36.8 Å². The maximum atomic E-state index is 9.06. The van der Waals surface area contributed by atoms with Crippen molar-refractivity contribution in [2.24, 2.45) is 7.05 Å². The second kappa shape index (κ2) is 6.10. The van der Waals surface area contributed by atoms with E-state index in [1.807, 2.05) is 30.0 Å². The summed E-state index contributed by atoms with van der Waals surface area (Å²) in [7, 11) is 1.89. The lowest BCUT2D eigenvalue weighted by molar-refractivity contribution is 0.598. The number of imidazole rings is 1. The SMILES string of the molecule is Cn1cc2cc(-c3nn4cc(C5CCB(C#N)CC5)nc4s3)cc(N)c2n1. The minimum Gasteiger partial charge on any atom is -0.397 e. The van der Waals surface area contributed by atoms with Gasteiger partial charge in [0.15, 0.2) is 0 Å². The largest absolute Gasteiger partial charge is 0.397 e. The standard InChI is InChI=1S/C18H18BN7S/c1-25-8-13-6-12(7-14(21)16(13)23-25)17-24-26-9-15(22-18(26)27-17)11-2-4-19(10-20)5-3-11/h6-9,11H,2-5,21H2,1H3. The summed E-state index contributed by atoms with van der Waals surface area (Å²) in [5, 5.41) is 20.1. The van der Waals surface area contributed by atoms with Crippen LogP contribution < -0.4 is 5.73 Å². The molecule has 0 unspecified atom stereocenters. The number of aromatic nitrogens is 5. The highest BCUT2D eigenvalue weighted by molar-refractivity contribution is 7.19. The number of hydrogen-bond donors (Lipinski definition) is 1. The number of aryl methyl sites for hydroxylation is 1. The van der Waals surface area contributed by atoms with Crippen LogP contribution in [0.1, 0.15) is 24.5 Å². The van der Waals surface area contributed by atoms with E-state index in [-0.39, 0.29) is 6.71 Å². The Kier molecular flexibility index (Phi) is 3.69. The van der Waals surface area contributed by atoms with E-state index in [4.69, 9.17) is 21.1 Å². The van der Waals surface area contributed by atoms with E-state index < -0.39 is 0 Å². The molecule has 4 heterocycles. The first-order valence-electron chi connectivity index (χ1n) is 9.09. The summed E-state index contributed by atoms with van der Waals surface area (Å²) in [5.74, 6) is 2.83. The van der Waals surface area contributed by atoms with Crippen LogP contribution in [0, 0.1) is 11.2 Å². The molecule has 0 radical (unpaired) electrons. The summed E-state index contributed by atoms with van der Waals surface area (Å²) in [5.41, 5.74) is 9.73. The van der Waals surface area contributed by atoms with Crippen molar-refractivity contribution in [3.05, 3.63) is 30.2 Å². The van der Waals surface area contributed by atoms with Crippen LogP contribution in [0.4, 0.5) is 5.69 Å². The lowest BCUT2D eigenvalue weighted by Crippen LogP contribution is -2.19. The van der Waals surface area contributed by atoms with E-state index in [1.165, 1.54) is 0 Å². The topological polar surface area (TPSA) is 97.8 Å². The molecular weight excluding hydrogens is 357 g/mol. The lowest BCUT2D eigenvalue weighted by atomic mass is 9.41. The minimum absolute atomic E-state index is 0.211. The minimum atomic E-state index is 0.211. The number of hydrogen-bond acceptors (Lipinski definition) is 6. The molecule has 0 atom stereocenters. The number of anilines is 1. The van der Waals surface area contributed by atoms with Crippen LogP contribution >= 0.6 is 11.3 Å². The van der Waals surface area contributed by atoms with Gasteiger partial charge in [-0.2, -0.15) is 10.2 Å². The molecule has 1 aliphatic rings. The Morgan fingerprint density at radius 3 is 2.81 bits per heavy atom. The van der Waals surface area contributed by atoms with E-state index in [0.717, 1.165) is 57.6 Å². The molecule has 2 N–H and O–H groups in total. The van der Waals surface area contributed by atoms with Gasteiger partial charge in [-0.3, -0.25) is 4.68 Å². The van der Waals surface area contributed by atoms with Crippen molar-refractivity contribution in [2.75, 3.05) is 5.73 Å². The Balaban J connectivity index is 1.46. The van der Waals surface area contributed by atoms with Crippen molar-refractivity contribution in [1.82, 2.24) is 24.4 Å². The maximum Gasteiger partial charge on any atom is 0.267 e. The van der Waals surface area contributed by atoms with Crippen molar-refractivity contribution in [2.45, 2.75) is 31.4 Å². The maximum absolute atomic E-state index is 9.06. The average molecular weight is 375 g/mol. The van der Waals surface area contributed by atoms with Gasteiger partial charge in [0.05, 0.1) is 17.6 Å². The molecule has 1 aliphatic heterocycles. The van der Waals surface area contributed by atoms with E-state index in [1.54, 1.807) is 16.0 Å². The van der Waals surface area contributed by atoms with E-state index in [0.29, 0.717) is 11.6 Å². The molecule has 27 heavy (non-hydrogen) atoms. The smallest absolute Gasteiger partial charge is 0.267 e. The summed E-state index contributed by atoms with van der Waals surface area (Å²) >= 11 is 1.57. The molecule has 0 bridgehead atoms. The van der Waals surface area contributed by atoms with Crippen LogP contribution in [0.5, 0.6) is 0 Å². The summed E-state index contributed by atoms with van der Waals surface area (Å²) in [6.07, 6.45) is 8.00. The Labute approximate surface area is 160 Å². The van der Waals surface area contributed by atoms with Crippen LogP contribution in [0.25, 0.3) is 26.4 Å². The van der Waals surface area contributed by atoms with E-state index in [2.05, 4.69) is 17.1 Å². The molecule has 1 fully saturated rings. The molecule has 134 valence electrons. The molecular formula is C18H18BN7S. The molecule has 5 rings (SSSR count). The summed E-state index contributed by atoms with van der Waals surface area (Å²) < 4.78 is 3.64. The molecule has 3 aromatic heterocycles. The first-order valence-corrected chi connectivity index (χ1v) is 9.91. The number of rotatable bonds is 2. The summed E-state index contributed by atoms with van der Waals surface area (Å²) in [6.45, 7) is 0.211. The number of nitrogens with two attached hydrogens (primary N) is 1. The number of nitrogen functional groups attached to an aromatic ring is 1.